The molecule has 2 saturated heterocycles. The Morgan fingerprint density at radius 1 is 1.14 bits per heavy atom. The lowest BCUT2D eigenvalue weighted by atomic mass is 9.73. The van der Waals surface area contributed by atoms with Crippen LogP contribution in [0.3, 0.4) is 0 Å². The maximum absolute atomic E-state index is 11.2. The largest absolute Gasteiger partial charge is 0.377 e. The third-order valence-electron chi connectivity index (χ3n) is 6.28. The standard InChI is InChI=1S/C24H30N2O2/c1-19(27)25-22-9-7-21(8-10-22)17-26-15-14-24(18-26,23-12-16-28-23)13-11-20-5-3-2-4-6-20/h2-10,23H,11-18H2,1H3,(H,25,27). The van der Waals surface area contributed by atoms with Crippen LogP contribution >= 0.6 is 0 Å². The average Bonchev–Trinajstić information content (AvgIpc) is 3.04. The molecule has 4 heteroatoms. The molecule has 0 aromatic heterocycles. The summed E-state index contributed by atoms with van der Waals surface area (Å²) >= 11 is 0. The van der Waals surface area contributed by atoms with E-state index in [1.54, 1.807) is 0 Å². The van der Waals surface area contributed by atoms with Gasteiger partial charge in [0.2, 0.25) is 5.91 Å². The summed E-state index contributed by atoms with van der Waals surface area (Å²) in [5.41, 5.74) is 3.86. The van der Waals surface area contributed by atoms with E-state index >= 15 is 0 Å². The van der Waals surface area contributed by atoms with Gasteiger partial charge >= 0.3 is 0 Å². The van der Waals surface area contributed by atoms with Gasteiger partial charge in [-0.1, -0.05) is 42.5 Å². The highest BCUT2D eigenvalue weighted by atomic mass is 16.5. The minimum absolute atomic E-state index is 0.0315. The zero-order chi connectivity index (χ0) is 19.4. The zero-order valence-electron chi connectivity index (χ0n) is 16.7. The minimum Gasteiger partial charge on any atom is -0.377 e. The second-order valence-electron chi connectivity index (χ2n) is 8.33. The van der Waals surface area contributed by atoms with Gasteiger partial charge in [-0.3, -0.25) is 9.69 Å². The van der Waals surface area contributed by atoms with Gasteiger partial charge in [-0.05, 0) is 55.5 Å². The van der Waals surface area contributed by atoms with Crippen molar-refractivity contribution in [2.24, 2.45) is 5.41 Å². The molecule has 2 aromatic carbocycles. The van der Waals surface area contributed by atoms with Gasteiger partial charge in [-0.25, -0.2) is 0 Å². The molecule has 0 bridgehead atoms. The number of nitrogens with one attached hydrogen (secondary N) is 1. The van der Waals surface area contributed by atoms with Crippen LogP contribution in [0, 0.1) is 5.41 Å². The number of rotatable bonds is 7. The van der Waals surface area contributed by atoms with Crippen LogP contribution in [0.5, 0.6) is 0 Å². The fraction of sp³-hybridized carbons (Fsp3) is 0.458. The summed E-state index contributed by atoms with van der Waals surface area (Å²) in [6.07, 6.45) is 5.16. The van der Waals surface area contributed by atoms with Crippen molar-refractivity contribution in [3.63, 3.8) is 0 Å². The monoisotopic (exact) mass is 378 g/mol. The SMILES string of the molecule is CC(=O)Nc1ccc(CN2CCC(CCc3ccccc3)(C3CCO3)C2)cc1. The summed E-state index contributed by atoms with van der Waals surface area (Å²) in [7, 11) is 0. The highest BCUT2D eigenvalue weighted by molar-refractivity contribution is 5.88. The highest BCUT2D eigenvalue weighted by Gasteiger charge is 2.47. The molecule has 2 fully saturated rings. The van der Waals surface area contributed by atoms with Crippen LogP contribution in [-0.4, -0.2) is 36.6 Å². The molecule has 4 nitrogen and oxygen atoms in total. The molecule has 1 N–H and O–H groups in total. The van der Waals surface area contributed by atoms with Gasteiger partial charge in [-0.2, -0.15) is 0 Å². The summed E-state index contributed by atoms with van der Waals surface area (Å²) in [5, 5.41) is 2.83. The Morgan fingerprint density at radius 2 is 1.89 bits per heavy atom. The van der Waals surface area contributed by atoms with Crippen LogP contribution in [0.25, 0.3) is 0 Å². The van der Waals surface area contributed by atoms with E-state index in [2.05, 4.69) is 52.7 Å². The number of aryl methyl sites for hydroxylation is 1. The van der Waals surface area contributed by atoms with E-state index in [-0.39, 0.29) is 11.3 Å². The topological polar surface area (TPSA) is 41.6 Å². The molecule has 2 unspecified atom stereocenters. The lowest BCUT2D eigenvalue weighted by Gasteiger charge is -2.43. The van der Waals surface area contributed by atoms with Crippen molar-refractivity contribution in [2.75, 3.05) is 25.0 Å². The molecule has 2 aliphatic heterocycles. The van der Waals surface area contributed by atoms with E-state index in [1.807, 2.05) is 12.1 Å². The van der Waals surface area contributed by atoms with Gasteiger partial charge in [0.05, 0.1) is 6.10 Å². The summed E-state index contributed by atoms with van der Waals surface area (Å²) in [6.45, 7) is 5.65. The number of carbonyl (C=O) groups excluding carboxylic acids is 1. The quantitative estimate of drug-likeness (QED) is 0.783. The number of anilines is 1. The summed E-state index contributed by atoms with van der Waals surface area (Å²) in [4.78, 5) is 13.7. The first-order valence-electron chi connectivity index (χ1n) is 10.4. The van der Waals surface area contributed by atoms with Gasteiger partial charge in [0.25, 0.3) is 0 Å². The van der Waals surface area contributed by atoms with Gasteiger partial charge in [0.15, 0.2) is 0 Å². The van der Waals surface area contributed by atoms with Crippen molar-refractivity contribution >= 4 is 11.6 Å². The molecule has 4 rings (SSSR count). The minimum atomic E-state index is -0.0315. The number of nitrogens with zero attached hydrogens (tertiary/aromatic N) is 1. The number of carbonyl (C=O) groups is 1. The Kier molecular flexibility index (Phi) is 5.79. The van der Waals surface area contributed by atoms with E-state index in [4.69, 9.17) is 4.74 Å². The molecule has 0 saturated carbocycles. The van der Waals surface area contributed by atoms with Crippen molar-refractivity contribution in [1.29, 1.82) is 0 Å². The van der Waals surface area contributed by atoms with Crippen molar-refractivity contribution in [3.05, 3.63) is 65.7 Å². The van der Waals surface area contributed by atoms with Crippen LogP contribution in [0.15, 0.2) is 54.6 Å². The molecular weight excluding hydrogens is 348 g/mol. The predicted molar refractivity (Wildman–Crippen MR) is 112 cm³/mol. The first-order valence-corrected chi connectivity index (χ1v) is 10.4. The Morgan fingerprint density at radius 3 is 2.54 bits per heavy atom. The maximum atomic E-state index is 11.2. The van der Waals surface area contributed by atoms with Gasteiger partial charge in [0.1, 0.15) is 0 Å². The molecule has 0 spiro atoms. The number of benzene rings is 2. The molecular formula is C24H30N2O2. The molecule has 2 aromatic rings. The lowest BCUT2D eigenvalue weighted by Crippen LogP contribution is -2.46. The Balaban J connectivity index is 1.38. The molecule has 0 radical (unpaired) electrons. The van der Waals surface area contributed by atoms with Gasteiger partial charge < -0.3 is 10.1 Å². The second kappa shape index (κ2) is 8.46. The van der Waals surface area contributed by atoms with E-state index in [0.717, 1.165) is 38.3 Å². The summed E-state index contributed by atoms with van der Waals surface area (Å²) < 4.78 is 5.99. The molecule has 2 heterocycles. The Bertz CT molecular complexity index is 786. The smallest absolute Gasteiger partial charge is 0.221 e. The molecule has 2 atom stereocenters. The average molecular weight is 379 g/mol. The molecule has 2 aliphatic rings. The fourth-order valence-electron chi connectivity index (χ4n) is 4.66. The Labute approximate surface area is 167 Å². The van der Waals surface area contributed by atoms with Gasteiger partial charge in [-0.15, -0.1) is 0 Å². The number of hydrogen-bond acceptors (Lipinski definition) is 3. The number of amides is 1. The van der Waals surface area contributed by atoms with Crippen molar-refractivity contribution in [2.45, 2.75) is 45.3 Å². The summed E-state index contributed by atoms with van der Waals surface area (Å²) in [6, 6.07) is 19.0. The normalized spacial score (nSPS) is 24.7. The maximum Gasteiger partial charge on any atom is 0.221 e. The molecule has 1 amide bonds. The van der Waals surface area contributed by atoms with Crippen molar-refractivity contribution in [1.82, 2.24) is 4.90 Å². The van der Waals surface area contributed by atoms with E-state index in [9.17, 15) is 4.79 Å². The van der Waals surface area contributed by atoms with E-state index < -0.39 is 0 Å². The lowest BCUT2D eigenvalue weighted by molar-refractivity contribution is -0.126. The molecule has 28 heavy (non-hydrogen) atoms. The third-order valence-corrected chi connectivity index (χ3v) is 6.28. The van der Waals surface area contributed by atoms with Crippen LogP contribution < -0.4 is 5.32 Å². The molecule has 148 valence electrons. The Hall–Kier alpha value is -2.17. The summed E-state index contributed by atoms with van der Waals surface area (Å²) in [5.74, 6) is -0.0315. The fourth-order valence-corrected chi connectivity index (χ4v) is 4.66. The predicted octanol–water partition coefficient (Wildman–Crippen LogP) is 4.26. The number of hydrogen-bond donors (Lipinski definition) is 1. The van der Waals surface area contributed by atoms with Crippen LogP contribution in [0.4, 0.5) is 5.69 Å². The number of ether oxygens (including phenoxy) is 1. The van der Waals surface area contributed by atoms with Gasteiger partial charge in [0, 0.05) is 37.7 Å². The van der Waals surface area contributed by atoms with Crippen LogP contribution in [-0.2, 0) is 22.5 Å². The first kappa shape index (κ1) is 19.2. The molecule has 0 aliphatic carbocycles. The van der Waals surface area contributed by atoms with Crippen molar-refractivity contribution < 1.29 is 9.53 Å². The van der Waals surface area contributed by atoms with Crippen LogP contribution in [0.1, 0.15) is 37.3 Å². The van der Waals surface area contributed by atoms with E-state index in [0.29, 0.717) is 6.10 Å². The number of likely N-dealkylation sites (tertiary alicyclic amines) is 1. The first-order chi connectivity index (χ1) is 13.6. The third kappa shape index (κ3) is 4.45. The highest BCUT2D eigenvalue weighted by Crippen LogP contribution is 2.44. The zero-order valence-corrected chi connectivity index (χ0v) is 16.7. The second-order valence-corrected chi connectivity index (χ2v) is 8.33. The van der Waals surface area contributed by atoms with Crippen molar-refractivity contribution in [3.8, 4) is 0 Å². The van der Waals surface area contributed by atoms with E-state index in [1.165, 1.54) is 37.3 Å². The van der Waals surface area contributed by atoms with Crippen LogP contribution in [0.2, 0.25) is 0 Å².